The van der Waals surface area contributed by atoms with Crippen molar-refractivity contribution in [3.8, 4) is 0 Å². The summed E-state index contributed by atoms with van der Waals surface area (Å²) in [5.41, 5.74) is 1.59. The Bertz CT molecular complexity index is 993. The van der Waals surface area contributed by atoms with E-state index in [1.807, 2.05) is 41.4 Å². The second-order valence-corrected chi connectivity index (χ2v) is 7.65. The zero-order chi connectivity index (χ0) is 18.9. The van der Waals surface area contributed by atoms with E-state index in [1.165, 1.54) is 0 Å². The number of aromatic nitrogens is 4. The molecular weight excluding hydrogens is 352 g/mol. The quantitative estimate of drug-likeness (QED) is 0.703. The van der Waals surface area contributed by atoms with Crippen LogP contribution in [-0.2, 0) is 0 Å². The van der Waals surface area contributed by atoms with Crippen LogP contribution in [0.5, 0.6) is 0 Å². The third kappa shape index (κ3) is 3.00. The summed E-state index contributed by atoms with van der Waals surface area (Å²) in [6.45, 7) is 3.40. The molecule has 5 heterocycles. The smallest absolute Gasteiger partial charge is 0.257 e. The molecule has 3 aromatic heterocycles. The molecule has 2 saturated heterocycles. The maximum absolute atomic E-state index is 13.0. The van der Waals surface area contributed by atoms with Crippen molar-refractivity contribution in [2.45, 2.75) is 31.6 Å². The summed E-state index contributed by atoms with van der Waals surface area (Å²) in [6, 6.07) is 9.74. The Balaban J connectivity index is 1.43. The number of nitrogens with zero attached hydrogens (tertiary/aromatic N) is 6. The van der Waals surface area contributed by atoms with Gasteiger partial charge < -0.3 is 9.80 Å². The van der Waals surface area contributed by atoms with E-state index in [0.29, 0.717) is 0 Å². The number of hydrogen-bond acceptors (Lipinski definition) is 5. The van der Waals surface area contributed by atoms with Gasteiger partial charge in [-0.3, -0.25) is 9.20 Å². The van der Waals surface area contributed by atoms with E-state index >= 15 is 0 Å². The van der Waals surface area contributed by atoms with Crippen LogP contribution in [0, 0.1) is 0 Å². The second-order valence-electron chi connectivity index (χ2n) is 7.65. The summed E-state index contributed by atoms with van der Waals surface area (Å²) in [5, 5.41) is 8.77. The molecule has 0 bridgehead atoms. The summed E-state index contributed by atoms with van der Waals surface area (Å²) < 4.78 is 2.07. The van der Waals surface area contributed by atoms with E-state index < -0.39 is 0 Å². The molecule has 1 unspecified atom stereocenters. The predicted octanol–water partition coefficient (Wildman–Crippen LogP) is 2.74. The Labute approximate surface area is 164 Å². The Morgan fingerprint density at radius 3 is 2.79 bits per heavy atom. The number of piperidine rings is 1. The minimum absolute atomic E-state index is 0.107. The summed E-state index contributed by atoms with van der Waals surface area (Å²) in [6.07, 6.45) is 8.09. The fraction of sp³-hybridized carbons (Fsp3) is 0.429. The first-order valence-electron chi connectivity index (χ1n) is 10.1. The van der Waals surface area contributed by atoms with Crippen molar-refractivity contribution in [3.05, 3.63) is 54.1 Å². The SMILES string of the molecule is O=C(c1cccnc1N1CCCC(c2nnc3ccccn23)C1)N1CCCC1. The van der Waals surface area contributed by atoms with Gasteiger partial charge in [-0.1, -0.05) is 6.07 Å². The van der Waals surface area contributed by atoms with Crippen LogP contribution in [0.15, 0.2) is 42.7 Å². The lowest BCUT2D eigenvalue weighted by molar-refractivity contribution is 0.0793. The number of likely N-dealkylation sites (tertiary alicyclic amines) is 1. The predicted molar refractivity (Wildman–Crippen MR) is 107 cm³/mol. The average molecular weight is 376 g/mol. The molecule has 0 aliphatic carbocycles. The largest absolute Gasteiger partial charge is 0.355 e. The maximum Gasteiger partial charge on any atom is 0.257 e. The normalized spacial score (nSPS) is 20.1. The van der Waals surface area contributed by atoms with E-state index in [-0.39, 0.29) is 11.8 Å². The molecule has 7 nitrogen and oxygen atoms in total. The van der Waals surface area contributed by atoms with Crippen LogP contribution in [-0.4, -0.2) is 56.6 Å². The lowest BCUT2D eigenvalue weighted by Crippen LogP contribution is -2.38. The van der Waals surface area contributed by atoms with Crippen molar-refractivity contribution in [1.82, 2.24) is 24.5 Å². The first-order chi connectivity index (χ1) is 13.8. The van der Waals surface area contributed by atoms with Crippen LogP contribution in [0.25, 0.3) is 5.65 Å². The number of carbonyl (C=O) groups is 1. The van der Waals surface area contributed by atoms with E-state index in [4.69, 9.17) is 0 Å². The van der Waals surface area contributed by atoms with E-state index in [9.17, 15) is 4.79 Å². The number of amides is 1. The van der Waals surface area contributed by atoms with Crippen molar-refractivity contribution < 1.29 is 4.79 Å². The molecule has 2 fully saturated rings. The van der Waals surface area contributed by atoms with Gasteiger partial charge >= 0.3 is 0 Å². The molecule has 2 aliphatic heterocycles. The fourth-order valence-corrected chi connectivity index (χ4v) is 4.43. The molecule has 1 amide bonds. The highest BCUT2D eigenvalue weighted by atomic mass is 16.2. The van der Waals surface area contributed by atoms with E-state index in [0.717, 1.165) is 74.7 Å². The maximum atomic E-state index is 13.0. The molecule has 2 aliphatic rings. The molecule has 7 heteroatoms. The summed E-state index contributed by atoms with van der Waals surface area (Å²) in [4.78, 5) is 21.8. The van der Waals surface area contributed by atoms with Crippen molar-refractivity contribution >= 4 is 17.4 Å². The molecule has 144 valence electrons. The van der Waals surface area contributed by atoms with Gasteiger partial charge in [0.15, 0.2) is 5.65 Å². The minimum Gasteiger partial charge on any atom is -0.355 e. The first-order valence-corrected chi connectivity index (χ1v) is 10.1. The molecule has 3 aromatic rings. The number of hydrogen-bond donors (Lipinski definition) is 0. The van der Waals surface area contributed by atoms with Crippen molar-refractivity contribution in [2.24, 2.45) is 0 Å². The Hall–Kier alpha value is -2.96. The van der Waals surface area contributed by atoms with Gasteiger partial charge in [0.1, 0.15) is 11.6 Å². The number of pyridine rings is 2. The molecule has 5 rings (SSSR count). The number of rotatable bonds is 3. The molecule has 0 spiro atoms. The second kappa shape index (κ2) is 7.22. The van der Waals surface area contributed by atoms with Gasteiger partial charge in [0, 0.05) is 44.5 Å². The molecule has 0 N–H and O–H groups in total. The van der Waals surface area contributed by atoms with Gasteiger partial charge in [-0.05, 0) is 49.9 Å². The summed E-state index contributed by atoms with van der Waals surface area (Å²) >= 11 is 0. The average Bonchev–Trinajstić information content (AvgIpc) is 3.43. The van der Waals surface area contributed by atoms with Crippen molar-refractivity contribution in [3.63, 3.8) is 0 Å². The Kier molecular flexibility index (Phi) is 4.43. The van der Waals surface area contributed by atoms with Gasteiger partial charge in [-0.25, -0.2) is 4.98 Å². The lowest BCUT2D eigenvalue weighted by Gasteiger charge is -2.34. The van der Waals surface area contributed by atoms with Gasteiger partial charge in [0.2, 0.25) is 0 Å². The van der Waals surface area contributed by atoms with Crippen molar-refractivity contribution in [2.75, 3.05) is 31.1 Å². The molecular formula is C21H24N6O. The van der Waals surface area contributed by atoms with Crippen LogP contribution in [0.4, 0.5) is 5.82 Å². The Morgan fingerprint density at radius 1 is 1.00 bits per heavy atom. The lowest BCUT2D eigenvalue weighted by atomic mass is 9.96. The van der Waals surface area contributed by atoms with Crippen LogP contribution in [0.3, 0.4) is 0 Å². The molecule has 28 heavy (non-hydrogen) atoms. The molecule has 0 radical (unpaired) electrons. The fourth-order valence-electron chi connectivity index (χ4n) is 4.43. The highest BCUT2D eigenvalue weighted by Crippen LogP contribution is 2.30. The monoisotopic (exact) mass is 376 g/mol. The van der Waals surface area contributed by atoms with Crippen molar-refractivity contribution in [1.29, 1.82) is 0 Å². The third-order valence-electron chi connectivity index (χ3n) is 5.84. The zero-order valence-electron chi connectivity index (χ0n) is 15.9. The highest BCUT2D eigenvalue weighted by Gasteiger charge is 2.29. The Morgan fingerprint density at radius 2 is 1.89 bits per heavy atom. The number of fused-ring (bicyclic) bond motifs is 1. The van der Waals surface area contributed by atoms with E-state index in [2.05, 4.69) is 24.5 Å². The molecule has 0 aromatic carbocycles. The van der Waals surface area contributed by atoms with Crippen LogP contribution in [0.2, 0.25) is 0 Å². The van der Waals surface area contributed by atoms with Gasteiger partial charge in [0.05, 0.1) is 5.56 Å². The molecule has 0 saturated carbocycles. The minimum atomic E-state index is 0.107. The standard InChI is InChI=1S/C21H24N6O/c28-21(25-11-3-4-12-25)17-8-5-10-22-20(17)26-13-6-7-16(15-26)19-24-23-18-9-1-2-14-27(18)19/h1-2,5,8-10,14,16H,3-4,6-7,11-13,15H2. The summed E-state index contributed by atoms with van der Waals surface area (Å²) in [5.74, 6) is 2.17. The third-order valence-corrected chi connectivity index (χ3v) is 5.84. The van der Waals surface area contributed by atoms with Gasteiger partial charge in [-0.15, -0.1) is 10.2 Å². The highest BCUT2D eigenvalue weighted by molar-refractivity contribution is 5.99. The number of carbonyl (C=O) groups excluding carboxylic acids is 1. The topological polar surface area (TPSA) is 66.6 Å². The van der Waals surface area contributed by atoms with Gasteiger partial charge in [0.25, 0.3) is 5.91 Å². The first kappa shape index (κ1) is 17.2. The summed E-state index contributed by atoms with van der Waals surface area (Å²) in [7, 11) is 0. The zero-order valence-corrected chi connectivity index (χ0v) is 15.9. The molecule has 1 atom stereocenters. The van der Waals surface area contributed by atoms with Crippen LogP contribution >= 0.6 is 0 Å². The van der Waals surface area contributed by atoms with Gasteiger partial charge in [-0.2, -0.15) is 0 Å². The van der Waals surface area contributed by atoms with Crippen LogP contribution < -0.4 is 4.90 Å². The van der Waals surface area contributed by atoms with E-state index in [1.54, 1.807) is 6.20 Å². The van der Waals surface area contributed by atoms with Crippen LogP contribution in [0.1, 0.15) is 47.8 Å². The number of anilines is 1.